The van der Waals surface area contributed by atoms with Crippen LogP contribution in [-0.2, 0) is 14.2 Å². The van der Waals surface area contributed by atoms with Crippen molar-refractivity contribution in [2.75, 3.05) is 13.2 Å². The Morgan fingerprint density at radius 3 is 2.62 bits per heavy atom. The van der Waals surface area contributed by atoms with Crippen molar-refractivity contribution in [1.82, 2.24) is 5.06 Å². The van der Waals surface area contributed by atoms with Crippen molar-refractivity contribution in [1.29, 1.82) is 0 Å². The lowest BCUT2D eigenvalue weighted by atomic mass is 10.1. The van der Waals surface area contributed by atoms with E-state index in [2.05, 4.69) is 0 Å². The third-order valence-electron chi connectivity index (χ3n) is 3.38. The van der Waals surface area contributed by atoms with Crippen molar-refractivity contribution in [3.8, 4) is 0 Å². The number of rotatable bonds is 5. The Labute approximate surface area is 123 Å². The van der Waals surface area contributed by atoms with Crippen LogP contribution in [-0.4, -0.2) is 33.9 Å². The van der Waals surface area contributed by atoms with E-state index in [1.807, 2.05) is 0 Å². The van der Waals surface area contributed by atoms with Gasteiger partial charge in [-0.2, -0.15) is 0 Å². The molecule has 0 bridgehead atoms. The third-order valence-corrected chi connectivity index (χ3v) is 4.75. The quantitative estimate of drug-likeness (QED) is 0.812. The second-order valence-electron chi connectivity index (χ2n) is 4.89. The molecule has 1 heterocycles. The molecule has 0 fully saturated rings. The molecule has 114 valence electrons. The van der Waals surface area contributed by atoms with Gasteiger partial charge in [-0.1, -0.05) is 30.3 Å². The lowest BCUT2D eigenvalue weighted by molar-refractivity contribution is -0.181. The molecule has 1 aliphatic rings. The lowest BCUT2D eigenvalue weighted by Crippen LogP contribution is -2.36. The first-order chi connectivity index (χ1) is 9.89. The summed E-state index contributed by atoms with van der Waals surface area (Å²) in [5.74, 6) is -0.265. The van der Waals surface area contributed by atoms with Gasteiger partial charge >= 0.3 is 7.60 Å². The molecule has 0 aliphatic carbocycles. The van der Waals surface area contributed by atoms with E-state index in [1.165, 1.54) is 5.06 Å². The van der Waals surface area contributed by atoms with Crippen LogP contribution in [0.1, 0.15) is 24.6 Å². The zero-order valence-corrected chi connectivity index (χ0v) is 12.6. The van der Waals surface area contributed by atoms with E-state index in [4.69, 9.17) is 4.84 Å². The molecular formula is C14H18NO5P. The molecule has 2 rings (SSSR count). The fourth-order valence-electron chi connectivity index (χ4n) is 2.20. The van der Waals surface area contributed by atoms with Gasteiger partial charge in [0, 0.05) is 5.57 Å². The standard InChI is InChI=1S/C14H18NO5P/c1-11-8-10-20-15(14(11)16)9-7-13(21(17,18)19)12-5-3-2-4-6-12/h2-6,8,13H,7,9-10H2,1H3,(H2,17,18,19). The summed E-state index contributed by atoms with van der Waals surface area (Å²) in [5.41, 5.74) is 0.192. The molecule has 0 aromatic heterocycles. The SMILES string of the molecule is CC1=CCON(CCC(c2ccccc2)P(=O)(O)O)C1=O. The van der Waals surface area contributed by atoms with Gasteiger partial charge in [-0.25, -0.2) is 5.06 Å². The Kier molecular flexibility index (Phi) is 4.96. The number of amides is 1. The van der Waals surface area contributed by atoms with Crippen molar-refractivity contribution >= 4 is 13.5 Å². The topological polar surface area (TPSA) is 87.1 Å². The number of carbonyl (C=O) groups is 1. The molecule has 1 aromatic rings. The fraction of sp³-hybridized carbons (Fsp3) is 0.357. The zero-order valence-electron chi connectivity index (χ0n) is 11.7. The second-order valence-corrected chi connectivity index (χ2v) is 6.70. The van der Waals surface area contributed by atoms with Gasteiger partial charge in [0.15, 0.2) is 0 Å². The van der Waals surface area contributed by atoms with Gasteiger partial charge in [-0.05, 0) is 25.0 Å². The smallest absolute Gasteiger partial charge is 0.324 e. The third kappa shape index (κ3) is 4.02. The Balaban J connectivity index is 2.09. The zero-order chi connectivity index (χ0) is 15.5. The number of hydroxylamine groups is 2. The number of hydrogen-bond donors (Lipinski definition) is 2. The van der Waals surface area contributed by atoms with Crippen LogP contribution in [0.4, 0.5) is 0 Å². The maximum atomic E-state index is 11.9. The van der Waals surface area contributed by atoms with Crippen LogP contribution in [0.5, 0.6) is 0 Å². The first-order valence-electron chi connectivity index (χ1n) is 6.61. The molecule has 21 heavy (non-hydrogen) atoms. The maximum absolute atomic E-state index is 11.9. The first-order valence-corrected chi connectivity index (χ1v) is 8.29. The van der Waals surface area contributed by atoms with Gasteiger partial charge in [0.05, 0.1) is 18.8 Å². The maximum Gasteiger partial charge on any atom is 0.333 e. The molecule has 1 atom stereocenters. The van der Waals surface area contributed by atoms with E-state index in [-0.39, 0.29) is 18.9 Å². The van der Waals surface area contributed by atoms with E-state index >= 15 is 0 Å². The number of carbonyl (C=O) groups excluding carboxylic acids is 1. The summed E-state index contributed by atoms with van der Waals surface area (Å²) in [6.45, 7) is 2.12. The molecule has 1 amide bonds. The van der Waals surface area contributed by atoms with Gasteiger partial charge in [0.2, 0.25) is 0 Å². The minimum atomic E-state index is -4.31. The van der Waals surface area contributed by atoms with Crippen molar-refractivity contribution in [2.45, 2.75) is 19.0 Å². The van der Waals surface area contributed by atoms with Crippen LogP contribution in [0.3, 0.4) is 0 Å². The van der Waals surface area contributed by atoms with Crippen LogP contribution in [0.25, 0.3) is 0 Å². The highest BCUT2D eigenvalue weighted by Gasteiger charge is 2.32. The minimum absolute atomic E-state index is 0.132. The molecule has 0 saturated heterocycles. The van der Waals surface area contributed by atoms with Crippen LogP contribution in [0.2, 0.25) is 0 Å². The summed E-state index contributed by atoms with van der Waals surface area (Å²) in [4.78, 5) is 36.1. The van der Waals surface area contributed by atoms with Gasteiger partial charge in [0.25, 0.3) is 5.91 Å². The van der Waals surface area contributed by atoms with Gasteiger partial charge in [0.1, 0.15) is 0 Å². The van der Waals surface area contributed by atoms with Crippen molar-refractivity contribution in [3.63, 3.8) is 0 Å². The van der Waals surface area contributed by atoms with E-state index in [0.717, 1.165) is 0 Å². The Morgan fingerprint density at radius 2 is 2.00 bits per heavy atom. The predicted molar refractivity (Wildman–Crippen MR) is 77.3 cm³/mol. The first kappa shape index (κ1) is 15.9. The summed E-state index contributed by atoms with van der Waals surface area (Å²) in [6.07, 6.45) is 1.81. The fourth-order valence-corrected chi connectivity index (χ4v) is 3.22. The van der Waals surface area contributed by atoms with E-state index in [1.54, 1.807) is 43.3 Å². The van der Waals surface area contributed by atoms with Crippen LogP contribution >= 0.6 is 7.60 Å². The van der Waals surface area contributed by atoms with Crippen molar-refractivity contribution < 1.29 is 24.0 Å². The van der Waals surface area contributed by atoms with E-state index in [0.29, 0.717) is 17.7 Å². The van der Waals surface area contributed by atoms with Crippen LogP contribution in [0.15, 0.2) is 42.0 Å². The molecular weight excluding hydrogens is 293 g/mol. The number of benzene rings is 1. The molecule has 6 nitrogen and oxygen atoms in total. The normalized spacial score (nSPS) is 17.6. The predicted octanol–water partition coefficient (Wildman–Crippen LogP) is 2.02. The Hall–Kier alpha value is -1.46. The van der Waals surface area contributed by atoms with Gasteiger partial charge in [-0.3, -0.25) is 14.2 Å². The summed E-state index contributed by atoms with van der Waals surface area (Å²) in [5, 5.41) is 1.17. The highest BCUT2D eigenvalue weighted by molar-refractivity contribution is 7.52. The average molecular weight is 311 g/mol. The summed E-state index contributed by atoms with van der Waals surface area (Å²) >= 11 is 0. The largest absolute Gasteiger partial charge is 0.333 e. The summed E-state index contributed by atoms with van der Waals surface area (Å²) in [6, 6.07) is 8.59. The molecule has 1 unspecified atom stereocenters. The average Bonchev–Trinajstić information content (AvgIpc) is 2.43. The molecule has 0 spiro atoms. The minimum Gasteiger partial charge on any atom is -0.324 e. The van der Waals surface area contributed by atoms with Gasteiger partial charge in [-0.15, -0.1) is 0 Å². The summed E-state index contributed by atoms with van der Waals surface area (Å²) in [7, 11) is -4.31. The summed E-state index contributed by atoms with van der Waals surface area (Å²) < 4.78 is 11.7. The molecule has 0 radical (unpaired) electrons. The van der Waals surface area contributed by atoms with E-state index < -0.39 is 13.3 Å². The lowest BCUT2D eigenvalue weighted by Gasteiger charge is -2.27. The number of nitrogens with zero attached hydrogens (tertiary/aromatic N) is 1. The highest BCUT2D eigenvalue weighted by Crippen LogP contribution is 2.53. The highest BCUT2D eigenvalue weighted by atomic mass is 31.2. The second kappa shape index (κ2) is 6.54. The Morgan fingerprint density at radius 1 is 1.33 bits per heavy atom. The number of hydrogen-bond acceptors (Lipinski definition) is 3. The Bertz CT molecular complexity index is 580. The molecule has 2 N–H and O–H groups in total. The molecule has 7 heteroatoms. The van der Waals surface area contributed by atoms with Crippen LogP contribution < -0.4 is 0 Å². The van der Waals surface area contributed by atoms with Crippen molar-refractivity contribution in [2.24, 2.45) is 0 Å². The molecule has 1 aromatic carbocycles. The van der Waals surface area contributed by atoms with Crippen molar-refractivity contribution in [3.05, 3.63) is 47.5 Å². The van der Waals surface area contributed by atoms with Gasteiger partial charge < -0.3 is 9.79 Å². The van der Waals surface area contributed by atoms with Crippen LogP contribution in [0, 0.1) is 0 Å². The molecule has 1 aliphatic heterocycles. The van der Waals surface area contributed by atoms with E-state index in [9.17, 15) is 19.1 Å². The molecule has 0 saturated carbocycles. The monoisotopic (exact) mass is 311 g/mol.